The number of carbonyl (C=O) groups excluding carboxylic acids is 8. The smallest absolute Gasteiger partial charge is 0.245 e. The van der Waals surface area contributed by atoms with E-state index in [4.69, 9.17) is 4.74 Å². The topological polar surface area (TPSA) is 241 Å². The third-order valence-electron chi connectivity index (χ3n) is 7.78. The summed E-state index contributed by atoms with van der Waals surface area (Å²) in [6.45, 7) is 8.93. The Morgan fingerprint density at radius 3 is 2.10 bits per heavy atom. The molecule has 0 spiro atoms. The normalized spacial score (nSPS) is 15.8. The Hall–Kier alpha value is -4.12. The fourth-order valence-electron chi connectivity index (χ4n) is 4.70. The van der Waals surface area contributed by atoms with E-state index in [1.54, 1.807) is 20.8 Å². The molecular weight excluding hydrogens is 630 g/mol. The van der Waals surface area contributed by atoms with E-state index >= 15 is 0 Å². The van der Waals surface area contributed by atoms with Crippen molar-refractivity contribution in [2.24, 2.45) is 5.41 Å². The molecule has 272 valence electrons. The average Bonchev–Trinajstić information content (AvgIpc) is 3.52. The number of nitrogens with zero attached hydrogens (tertiary/aromatic N) is 1. The van der Waals surface area contributed by atoms with Crippen molar-refractivity contribution in [3.05, 3.63) is 0 Å². The number of likely N-dealkylation sites (tertiary alicyclic amines) is 1. The van der Waals surface area contributed by atoms with Gasteiger partial charge in [-0.05, 0) is 40.0 Å². The van der Waals surface area contributed by atoms with E-state index in [0.29, 0.717) is 25.7 Å². The molecule has 1 saturated heterocycles. The van der Waals surface area contributed by atoms with Crippen LogP contribution in [0.25, 0.3) is 0 Å². The number of ether oxygens (including phenoxy) is 1. The lowest BCUT2D eigenvalue weighted by Gasteiger charge is -2.29. The number of hydrogen-bond donors (Lipinski definition) is 7. The number of ketones is 1. The molecule has 0 aromatic heterocycles. The molecule has 1 aliphatic heterocycles. The molecule has 3 atom stereocenters. The van der Waals surface area contributed by atoms with Crippen molar-refractivity contribution < 1.29 is 48.2 Å². The highest BCUT2D eigenvalue weighted by atomic mass is 16.5. The van der Waals surface area contributed by atoms with Crippen LogP contribution in [0.5, 0.6) is 0 Å². The van der Waals surface area contributed by atoms with Crippen molar-refractivity contribution in [2.45, 2.75) is 97.4 Å². The Balaban J connectivity index is 2.58. The van der Waals surface area contributed by atoms with Crippen molar-refractivity contribution in [1.82, 2.24) is 36.8 Å². The van der Waals surface area contributed by atoms with Crippen LogP contribution in [0.1, 0.15) is 73.6 Å². The number of nitrogens with one attached hydrogen (secondary N) is 6. The molecule has 48 heavy (non-hydrogen) atoms. The molecule has 0 radical (unpaired) electrons. The minimum absolute atomic E-state index is 0.0823. The maximum absolute atomic E-state index is 13.0. The number of hydrogen-bond acceptors (Lipinski definition) is 10. The molecule has 0 saturated carbocycles. The first kappa shape index (κ1) is 41.9. The maximum atomic E-state index is 13.0. The second-order valence-electron chi connectivity index (χ2n) is 12.9. The van der Waals surface area contributed by atoms with Gasteiger partial charge in [-0.1, -0.05) is 20.8 Å². The number of likely N-dealkylation sites (N-methyl/N-ethyl adjacent to an activating group) is 1. The summed E-state index contributed by atoms with van der Waals surface area (Å²) in [5.74, 6) is -4.14. The zero-order valence-corrected chi connectivity index (χ0v) is 29.1. The predicted molar refractivity (Wildman–Crippen MR) is 173 cm³/mol. The lowest BCUT2D eigenvalue weighted by molar-refractivity contribution is -0.140. The number of amides is 7. The molecule has 1 rings (SSSR count). The first-order valence-corrected chi connectivity index (χ1v) is 16.1. The first-order valence-electron chi connectivity index (χ1n) is 16.1. The molecule has 1 fully saturated rings. The number of aliphatic hydroxyl groups excluding tert-OH is 1. The Kier molecular flexibility index (Phi) is 17.1. The van der Waals surface area contributed by atoms with Gasteiger partial charge >= 0.3 is 0 Å². The second-order valence-corrected chi connectivity index (χ2v) is 12.9. The van der Waals surface area contributed by atoms with Crippen LogP contribution in [0, 0.1) is 5.41 Å². The minimum Gasteiger partial charge on any atom is -0.391 e. The van der Waals surface area contributed by atoms with Crippen molar-refractivity contribution >= 4 is 47.1 Å². The molecule has 0 bridgehead atoms. The van der Waals surface area contributed by atoms with Crippen LogP contribution in [-0.4, -0.2) is 127 Å². The van der Waals surface area contributed by atoms with Gasteiger partial charge in [-0.3, -0.25) is 38.4 Å². The molecular formula is C31H53N7O10. The van der Waals surface area contributed by atoms with E-state index in [0.717, 1.165) is 0 Å². The summed E-state index contributed by atoms with van der Waals surface area (Å²) in [7, 11) is 1.39. The maximum Gasteiger partial charge on any atom is 0.245 e. The second kappa shape index (κ2) is 19.6. The fourth-order valence-corrected chi connectivity index (χ4v) is 4.70. The molecule has 1 heterocycles. The Morgan fingerprint density at radius 1 is 0.875 bits per heavy atom. The number of aliphatic hydroxyl groups is 1. The SMILES string of the molecule is CCC(=O)CC(C)(C)OCCC(C)(C)C(=O)NCC(=O)N1CCCC1C(=O)NCC(=O)NC(C(=O)NCC(=O)NCC(=O)NC)C(C)O. The number of Topliss-reactive ketones (excluding diaryl/α,β-unsaturated/α-hetero) is 1. The molecule has 0 aromatic rings. The van der Waals surface area contributed by atoms with Crippen LogP contribution in [-0.2, 0) is 43.1 Å². The van der Waals surface area contributed by atoms with E-state index in [9.17, 15) is 43.5 Å². The van der Waals surface area contributed by atoms with Gasteiger partial charge in [0.1, 0.15) is 17.9 Å². The molecule has 0 aromatic carbocycles. The molecule has 17 heteroatoms. The molecule has 1 aliphatic rings. The van der Waals surface area contributed by atoms with E-state index in [-0.39, 0.29) is 44.4 Å². The van der Waals surface area contributed by atoms with Crippen LogP contribution in [0.3, 0.4) is 0 Å². The van der Waals surface area contributed by atoms with Crippen LogP contribution in [0.4, 0.5) is 0 Å². The third-order valence-corrected chi connectivity index (χ3v) is 7.78. The van der Waals surface area contributed by atoms with E-state index in [1.807, 2.05) is 13.8 Å². The highest BCUT2D eigenvalue weighted by Gasteiger charge is 2.36. The summed E-state index contributed by atoms with van der Waals surface area (Å²) >= 11 is 0. The molecule has 7 N–H and O–H groups in total. The zero-order valence-electron chi connectivity index (χ0n) is 29.1. The van der Waals surface area contributed by atoms with E-state index in [2.05, 4.69) is 31.9 Å². The van der Waals surface area contributed by atoms with Crippen molar-refractivity contribution in [3.8, 4) is 0 Å². The first-order chi connectivity index (χ1) is 22.3. The molecule has 17 nitrogen and oxygen atoms in total. The van der Waals surface area contributed by atoms with Gasteiger partial charge in [-0.2, -0.15) is 0 Å². The summed E-state index contributed by atoms with van der Waals surface area (Å²) < 4.78 is 5.85. The Morgan fingerprint density at radius 2 is 1.50 bits per heavy atom. The summed E-state index contributed by atoms with van der Waals surface area (Å²) in [6, 6.07) is -2.32. The quantitative estimate of drug-likeness (QED) is 0.0720. The van der Waals surface area contributed by atoms with Gasteiger partial charge in [0.25, 0.3) is 0 Å². The largest absolute Gasteiger partial charge is 0.391 e. The highest BCUT2D eigenvalue weighted by molar-refractivity contribution is 5.95. The number of rotatable bonds is 20. The van der Waals surface area contributed by atoms with Crippen LogP contribution < -0.4 is 31.9 Å². The average molecular weight is 684 g/mol. The fraction of sp³-hybridized carbons (Fsp3) is 0.742. The van der Waals surface area contributed by atoms with Crippen molar-refractivity contribution in [1.29, 1.82) is 0 Å². The lowest BCUT2D eigenvalue weighted by Crippen LogP contribution is -2.56. The van der Waals surface area contributed by atoms with E-state index < -0.39 is 77.7 Å². The van der Waals surface area contributed by atoms with Crippen LogP contribution >= 0.6 is 0 Å². The van der Waals surface area contributed by atoms with Gasteiger partial charge in [-0.25, -0.2) is 0 Å². The predicted octanol–water partition coefficient (Wildman–Crippen LogP) is -2.37. The van der Waals surface area contributed by atoms with Crippen LogP contribution in [0.2, 0.25) is 0 Å². The van der Waals surface area contributed by atoms with Gasteiger partial charge in [0, 0.05) is 38.5 Å². The van der Waals surface area contributed by atoms with Crippen molar-refractivity contribution in [3.63, 3.8) is 0 Å². The Bertz CT molecular complexity index is 1190. The zero-order chi connectivity index (χ0) is 36.7. The summed E-state index contributed by atoms with van der Waals surface area (Å²) in [5, 5.41) is 24.2. The van der Waals surface area contributed by atoms with Gasteiger partial charge in [0.05, 0.1) is 37.9 Å². The third kappa shape index (κ3) is 14.8. The number of carbonyl (C=O) groups is 8. The summed E-state index contributed by atoms with van der Waals surface area (Å²) in [6.07, 6.45) is 0.556. The monoisotopic (exact) mass is 683 g/mol. The standard InChI is InChI=1S/C31H53N7O10/c1-8-20(40)14-31(5,6)48-13-11-30(3,4)29(47)36-18-25(44)38-12-9-10-21(38)27(45)34-17-24(43)37-26(19(2)39)28(46)35-16-23(42)33-15-22(41)32-7/h19,21,26,39H,8-18H2,1-7H3,(H,32,41)(H,33,42)(H,34,45)(H,35,46)(H,36,47)(H,37,43). The highest BCUT2D eigenvalue weighted by Crippen LogP contribution is 2.24. The molecule has 7 amide bonds. The van der Waals surface area contributed by atoms with Gasteiger partial charge in [-0.15, -0.1) is 0 Å². The van der Waals surface area contributed by atoms with Crippen molar-refractivity contribution in [2.75, 3.05) is 46.4 Å². The van der Waals surface area contributed by atoms with Gasteiger partial charge in [0.15, 0.2) is 0 Å². The minimum atomic E-state index is -1.44. The summed E-state index contributed by atoms with van der Waals surface area (Å²) in [4.78, 5) is 99.9. The Labute approximate surface area is 281 Å². The molecule has 3 unspecified atom stereocenters. The van der Waals surface area contributed by atoms with Gasteiger partial charge in [0.2, 0.25) is 41.4 Å². The van der Waals surface area contributed by atoms with E-state index in [1.165, 1.54) is 18.9 Å². The lowest BCUT2D eigenvalue weighted by atomic mass is 9.88. The summed E-state index contributed by atoms with van der Waals surface area (Å²) in [5.41, 5.74) is -1.54. The molecule has 0 aliphatic carbocycles. The van der Waals surface area contributed by atoms with Gasteiger partial charge < -0.3 is 46.6 Å². The van der Waals surface area contributed by atoms with Crippen LogP contribution in [0.15, 0.2) is 0 Å².